The zero-order chi connectivity index (χ0) is 18.0. The molecule has 3 rings (SSSR count). The predicted molar refractivity (Wildman–Crippen MR) is 86.5 cm³/mol. The first-order valence-electron chi connectivity index (χ1n) is 7.77. The lowest BCUT2D eigenvalue weighted by molar-refractivity contribution is -0.384. The molecule has 9 nitrogen and oxygen atoms in total. The van der Waals surface area contributed by atoms with Gasteiger partial charge in [0.15, 0.2) is 0 Å². The number of carboxylic acids is 1. The molecule has 1 aliphatic carbocycles. The molecule has 1 aliphatic rings. The van der Waals surface area contributed by atoms with Gasteiger partial charge in [-0.2, -0.15) is 5.10 Å². The summed E-state index contributed by atoms with van der Waals surface area (Å²) in [4.78, 5) is 34.1. The van der Waals surface area contributed by atoms with Crippen LogP contribution in [0.15, 0.2) is 36.7 Å². The number of carbonyl (C=O) groups excluding carboxylic acids is 1. The number of hydrogen-bond donors (Lipinski definition) is 2. The minimum absolute atomic E-state index is 0.0430. The number of carboxylic acid groups (broad SMARTS) is 1. The van der Waals surface area contributed by atoms with E-state index >= 15 is 0 Å². The Bertz CT molecular complexity index is 821. The van der Waals surface area contributed by atoms with Crippen molar-refractivity contribution in [1.82, 2.24) is 15.1 Å². The van der Waals surface area contributed by atoms with E-state index in [1.54, 1.807) is 0 Å². The SMILES string of the molecule is O=C(NC1(C(=O)O)CCCC1)c1cnn(-c2ccc([N+](=O)[O-])cc2)c1. The maximum Gasteiger partial charge on any atom is 0.329 e. The molecule has 0 bridgehead atoms. The van der Waals surface area contributed by atoms with Crippen molar-refractivity contribution in [2.45, 2.75) is 31.2 Å². The fourth-order valence-electron chi connectivity index (χ4n) is 2.97. The molecule has 0 unspecified atom stereocenters. The van der Waals surface area contributed by atoms with Crippen LogP contribution in [0.25, 0.3) is 5.69 Å². The highest BCUT2D eigenvalue weighted by Crippen LogP contribution is 2.30. The van der Waals surface area contributed by atoms with E-state index < -0.39 is 22.3 Å². The largest absolute Gasteiger partial charge is 0.480 e. The Kier molecular flexibility index (Phi) is 4.22. The van der Waals surface area contributed by atoms with Crippen LogP contribution in [0.2, 0.25) is 0 Å². The Morgan fingerprint density at radius 1 is 1.24 bits per heavy atom. The molecule has 0 spiro atoms. The number of non-ortho nitro benzene ring substituents is 1. The number of hydrogen-bond acceptors (Lipinski definition) is 5. The highest BCUT2D eigenvalue weighted by molar-refractivity contribution is 5.97. The fraction of sp³-hybridized carbons (Fsp3) is 0.312. The summed E-state index contributed by atoms with van der Waals surface area (Å²) in [5.74, 6) is -1.53. The number of nitro groups is 1. The fourth-order valence-corrected chi connectivity index (χ4v) is 2.97. The standard InChI is InChI=1S/C16H16N4O5/c21-14(18-16(15(22)23)7-1-2-8-16)11-9-17-19(10-11)12-3-5-13(6-4-12)20(24)25/h3-6,9-10H,1-2,7-8H2,(H,18,21)(H,22,23). The summed E-state index contributed by atoms with van der Waals surface area (Å²) in [5, 5.41) is 26.8. The van der Waals surface area contributed by atoms with Crippen molar-refractivity contribution in [3.63, 3.8) is 0 Å². The van der Waals surface area contributed by atoms with Crippen LogP contribution in [0.3, 0.4) is 0 Å². The Balaban J connectivity index is 1.77. The molecule has 1 fully saturated rings. The van der Waals surface area contributed by atoms with E-state index in [2.05, 4.69) is 10.4 Å². The minimum atomic E-state index is -1.22. The number of rotatable bonds is 5. The van der Waals surface area contributed by atoms with Gasteiger partial charge in [0, 0.05) is 18.3 Å². The first-order chi connectivity index (χ1) is 11.9. The van der Waals surface area contributed by atoms with Crippen molar-refractivity contribution in [2.75, 3.05) is 0 Å². The van der Waals surface area contributed by atoms with Gasteiger partial charge in [0.1, 0.15) is 5.54 Å². The summed E-state index contributed by atoms with van der Waals surface area (Å²) >= 11 is 0. The third kappa shape index (κ3) is 3.21. The number of amides is 1. The number of nitrogens with one attached hydrogen (secondary N) is 1. The topological polar surface area (TPSA) is 127 Å². The first-order valence-corrected chi connectivity index (χ1v) is 7.77. The first kappa shape index (κ1) is 16.6. The lowest BCUT2D eigenvalue weighted by Gasteiger charge is -2.24. The molecule has 0 atom stereocenters. The number of aliphatic carboxylic acids is 1. The van der Waals surface area contributed by atoms with Gasteiger partial charge in [-0.3, -0.25) is 14.9 Å². The second kappa shape index (κ2) is 6.34. The van der Waals surface area contributed by atoms with Crippen LogP contribution in [0.5, 0.6) is 0 Å². The molecular formula is C16H16N4O5. The number of benzene rings is 1. The predicted octanol–water partition coefficient (Wildman–Crippen LogP) is 1.91. The minimum Gasteiger partial charge on any atom is -0.480 e. The number of carbonyl (C=O) groups is 2. The van der Waals surface area contributed by atoms with Gasteiger partial charge < -0.3 is 10.4 Å². The van der Waals surface area contributed by atoms with Crippen LogP contribution < -0.4 is 5.32 Å². The zero-order valence-electron chi connectivity index (χ0n) is 13.2. The number of nitrogens with zero attached hydrogens (tertiary/aromatic N) is 3. The van der Waals surface area contributed by atoms with Gasteiger partial charge in [0.2, 0.25) is 0 Å². The molecule has 0 aliphatic heterocycles. The van der Waals surface area contributed by atoms with E-state index in [0.717, 1.165) is 12.8 Å². The van der Waals surface area contributed by atoms with E-state index in [1.165, 1.54) is 41.3 Å². The molecular weight excluding hydrogens is 328 g/mol. The van der Waals surface area contributed by atoms with E-state index in [9.17, 15) is 24.8 Å². The van der Waals surface area contributed by atoms with Crippen LogP contribution in [0, 0.1) is 10.1 Å². The maximum atomic E-state index is 12.4. The molecule has 1 heterocycles. The summed E-state index contributed by atoms with van der Waals surface area (Å²) in [6.45, 7) is 0. The highest BCUT2D eigenvalue weighted by atomic mass is 16.6. The Labute approximate surface area is 142 Å². The van der Waals surface area contributed by atoms with E-state index in [4.69, 9.17) is 0 Å². The molecule has 2 aromatic rings. The second-order valence-electron chi connectivity index (χ2n) is 6.00. The second-order valence-corrected chi connectivity index (χ2v) is 6.00. The molecule has 1 saturated carbocycles. The van der Waals surface area contributed by atoms with E-state index in [1.807, 2.05) is 0 Å². The lowest BCUT2D eigenvalue weighted by atomic mass is 9.97. The summed E-state index contributed by atoms with van der Waals surface area (Å²) in [7, 11) is 0. The maximum absolute atomic E-state index is 12.4. The summed E-state index contributed by atoms with van der Waals surface area (Å²) < 4.78 is 1.40. The summed E-state index contributed by atoms with van der Waals surface area (Å²) in [6.07, 6.45) is 5.13. The third-order valence-corrected chi connectivity index (χ3v) is 4.39. The van der Waals surface area contributed by atoms with Gasteiger partial charge >= 0.3 is 5.97 Å². The van der Waals surface area contributed by atoms with Gasteiger partial charge in [-0.15, -0.1) is 0 Å². The average molecular weight is 344 g/mol. The normalized spacial score (nSPS) is 15.7. The van der Waals surface area contributed by atoms with E-state index in [0.29, 0.717) is 18.5 Å². The Morgan fingerprint density at radius 2 is 1.88 bits per heavy atom. The lowest BCUT2D eigenvalue weighted by Crippen LogP contribution is -2.52. The molecule has 0 radical (unpaired) electrons. The van der Waals surface area contributed by atoms with Gasteiger partial charge in [-0.1, -0.05) is 12.8 Å². The third-order valence-electron chi connectivity index (χ3n) is 4.39. The Hall–Kier alpha value is -3.23. The van der Waals surface area contributed by atoms with Crippen LogP contribution in [-0.4, -0.2) is 37.2 Å². The van der Waals surface area contributed by atoms with E-state index in [-0.39, 0.29) is 11.3 Å². The molecule has 25 heavy (non-hydrogen) atoms. The van der Waals surface area contributed by atoms with Crippen molar-refractivity contribution in [1.29, 1.82) is 0 Å². The summed E-state index contributed by atoms with van der Waals surface area (Å²) in [5.41, 5.74) is -0.477. The van der Waals surface area contributed by atoms with Crippen LogP contribution >= 0.6 is 0 Å². The molecule has 0 saturated heterocycles. The van der Waals surface area contributed by atoms with Gasteiger partial charge in [-0.25, -0.2) is 9.48 Å². The monoisotopic (exact) mass is 344 g/mol. The zero-order valence-corrected chi connectivity index (χ0v) is 13.2. The molecule has 130 valence electrons. The molecule has 1 aromatic heterocycles. The Morgan fingerprint density at radius 3 is 2.44 bits per heavy atom. The van der Waals surface area contributed by atoms with Crippen molar-refractivity contribution in [3.8, 4) is 5.69 Å². The number of nitro benzene ring substituents is 1. The van der Waals surface area contributed by atoms with Crippen LogP contribution in [0.1, 0.15) is 36.0 Å². The van der Waals surface area contributed by atoms with Crippen molar-refractivity contribution in [3.05, 3.63) is 52.3 Å². The van der Waals surface area contributed by atoms with Crippen molar-refractivity contribution < 1.29 is 19.6 Å². The molecule has 1 aromatic carbocycles. The smallest absolute Gasteiger partial charge is 0.329 e. The average Bonchev–Trinajstić information content (AvgIpc) is 3.25. The molecule has 2 N–H and O–H groups in total. The number of aromatic nitrogens is 2. The van der Waals surface area contributed by atoms with Crippen LogP contribution in [0.4, 0.5) is 5.69 Å². The van der Waals surface area contributed by atoms with Gasteiger partial charge in [-0.05, 0) is 25.0 Å². The van der Waals surface area contributed by atoms with Crippen molar-refractivity contribution >= 4 is 17.6 Å². The molecule has 1 amide bonds. The van der Waals surface area contributed by atoms with Gasteiger partial charge in [0.25, 0.3) is 11.6 Å². The van der Waals surface area contributed by atoms with Gasteiger partial charge in [0.05, 0.1) is 22.4 Å². The summed E-state index contributed by atoms with van der Waals surface area (Å²) in [6, 6.07) is 5.72. The van der Waals surface area contributed by atoms with Crippen LogP contribution in [-0.2, 0) is 4.79 Å². The van der Waals surface area contributed by atoms with Crippen molar-refractivity contribution in [2.24, 2.45) is 0 Å². The molecule has 9 heteroatoms. The highest BCUT2D eigenvalue weighted by Gasteiger charge is 2.42. The quantitative estimate of drug-likeness (QED) is 0.630.